The average molecular weight is 404 g/mol. The summed E-state index contributed by atoms with van der Waals surface area (Å²) in [5.41, 5.74) is 0.769. The Labute approximate surface area is 168 Å². The van der Waals surface area contributed by atoms with E-state index in [1.165, 1.54) is 19.1 Å². The number of esters is 2. The highest BCUT2D eigenvalue weighted by molar-refractivity contribution is 6.06. The number of ether oxygens (including phenoxy) is 4. The molecule has 9 nitrogen and oxygen atoms in total. The Morgan fingerprint density at radius 1 is 1.17 bits per heavy atom. The van der Waals surface area contributed by atoms with Crippen molar-refractivity contribution in [3.63, 3.8) is 0 Å². The van der Waals surface area contributed by atoms with Crippen molar-refractivity contribution in [2.45, 2.75) is 18.9 Å². The number of nitrogens with one attached hydrogen (secondary N) is 1. The molecule has 0 bridgehead atoms. The van der Waals surface area contributed by atoms with Crippen molar-refractivity contribution in [3.05, 3.63) is 41.1 Å². The van der Waals surface area contributed by atoms with E-state index in [-0.39, 0.29) is 36.6 Å². The number of methoxy groups -OCH3 is 2. The molecule has 0 aromatic heterocycles. The zero-order valence-electron chi connectivity index (χ0n) is 16.4. The van der Waals surface area contributed by atoms with Crippen LogP contribution in [-0.2, 0) is 28.5 Å². The lowest BCUT2D eigenvalue weighted by molar-refractivity contribution is -0.140. The van der Waals surface area contributed by atoms with Crippen molar-refractivity contribution in [1.29, 1.82) is 0 Å². The zero-order chi connectivity index (χ0) is 20.8. The van der Waals surface area contributed by atoms with Gasteiger partial charge in [-0.25, -0.2) is 9.59 Å². The van der Waals surface area contributed by atoms with Crippen LogP contribution < -0.4 is 10.2 Å². The Hall–Kier alpha value is -2.91. The number of para-hydroxylation sites is 1. The molecule has 2 aliphatic rings. The van der Waals surface area contributed by atoms with Gasteiger partial charge in [-0.2, -0.15) is 0 Å². The smallest absolute Gasteiger partial charge is 0.355 e. The first-order valence-corrected chi connectivity index (χ1v) is 9.30. The summed E-state index contributed by atoms with van der Waals surface area (Å²) in [6.07, 6.45) is 1.88. The minimum absolute atomic E-state index is 0.000820. The number of rotatable bonds is 6. The maximum absolute atomic E-state index is 12.8. The van der Waals surface area contributed by atoms with Crippen LogP contribution >= 0.6 is 0 Å². The molecule has 1 N–H and O–H groups in total. The van der Waals surface area contributed by atoms with Crippen molar-refractivity contribution in [2.24, 2.45) is 0 Å². The van der Waals surface area contributed by atoms with Gasteiger partial charge in [0.2, 0.25) is 0 Å². The summed E-state index contributed by atoms with van der Waals surface area (Å²) < 4.78 is 20.6. The van der Waals surface area contributed by atoms with E-state index in [2.05, 4.69) is 5.32 Å². The molecule has 0 radical (unpaired) electrons. The standard InChI is InChI=1S/C20H24N2O7/c1-26-19(24)15-11-28-12-22(17(15)20(25)27-2)16-8-4-3-7-14(16)18(23)21-10-13-6-5-9-29-13/h3-4,7-8,13H,5-6,9-12H2,1-2H3,(H,21,23). The van der Waals surface area contributed by atoms with E-state index < -0.39 is 11.9 Å². The number of carbonyl (C=O) groups is 3. The van der Waals surface area contributed by atoms with Crippen LogP contribution in [0.4, 0.5) is 5.69 Å². The average Bonchev–Trinajstić information content (AvgIpc) is 3.29. The molecule has 2 aliphatic heterocycles. The number of hydrogen-bond donors (Lipinski definition) is 1. The van der Waals surface area contributed by atoms with Gasteiger partial charge in [-0.3, -0.25) is 4.79 Å². The predicted octanol–water partition coefficient (Wildman–Crippen LogP) is 0.990. The summed E-state index contributed by atoms with van der Waals surface area (Å²) in [6.45, 7) is 0.977. The topological polar surface area (TPSA) is 103 Å². The number of nitrogens with zero attached hydrogens (tertiary/aromatic N) is 1. The molecule has 3 rings (SSSR count). The lowest BCUT2D eigenvalue weighted by atomic mass is 10.1. The van der Waals surface area contributed by atoms with E-state index in [4.69, 9.17) is 18.9 Å². The number of benzene rings is 1. The second-order valence-corrected chi connectivity index (χ2v) is 6.58. The molecule has 1 aromatic rings. The van der Waals surface area contributed by atoms with Gasteiger partial charge < -0.3 is 29.2 Å². The van der Waals surface area contributed by atoms with Crippen LogP contribution in [0.2, 0.25) is 0 Å². The molecule has 0 aliphatic carbocycles. The highest BCUT2D eigenvalue weighted by Crippen LogP contribution is 2.29. The first-order chi connectivity index (χ1) is 14.1. The third-order valence-corrected chi connectivity index (χ3v) is 4.79. The Balaban J connectivity index is 1.93. The minimum atomic E-state index is -0.719. The molecule has 0 saturated carbocycles. The van der Waals surface area contributed by atoms with Crippen LogP contribution in [0.1, 0.15) is 23.2 Å². The van der Waals surface area contributed by atoms with Gasteiger partial charge in [-0.1, -0.05) is 12.1 Å². The van der Waals surface area contributed by atoms with Gasteiger partial charge in [0.05, 0.1) is 43.8 Å². The summed E-state index contributed by atoms with van der Waals surface area (Å²) in [7, 11) is 2.44. The fourth-order valence-corrected chi connectivity index (χ4v) is 3.34. The van der Waals surface area contributed by atoms with E-state index in [1.807, 2.05) is 0 Å². The maximum atomic E-state index is 12.8. The highest BCUT2D eigenvalue weighted by Gasteiger charge is 2.34. The van der Waals surface area contributed by atoms with E-state index in [1.54, 1.807) is 24.3 Å². The monoisotopic (exact) mass is 404 g/mol. The molecule has 1 atom stereocenters. The van der Waals surface area contributed by atoms with Gasteiger partial charge in [0.25, 0.3) is 5.91 Å². The highest BCUT2D eigenvalue weighted by atomic mass is 16.5. The molecule has 0 spiro atoms. The van der Waals surface area contributed by atoms with Gasteiger partial charge in [-0.05, 0) is 25.0 Å². The van der Waals surface area contributed by atoms with Gasteiger partial charge in [0.1, 0.15) is 12.4 Å². The van der Waals surface area contributed by atoms with Crippen LogP contribution in [0.5, 0.6) is 0 Å². The molecular formula is C20H24N2O7. The normalized spacial score (nSPS) is 19.1. The van der Waals surface area contributed by atoms with Crippen LogP contribution in [0.15, 0.2) is 35.5 Å². The molecule has 156 valence electrons. The van der Waals surface area contributed by atoms with Crippen LogP contribution in [0, 0.1) is 0 Å². The Kier molecular flexibility index (Phi) is 6.84. The Bertz CT molecular complexity index is 815. The van der Waals surface area contributed by atoms with Crippen molar-refractivity contribution < 1.29 is 33.3 Å². The number of amides is 1. The molecule has 1 fully saturated rings. The van der Waals surface area contributed by atoms with Crippen molar-refractivity contribution >= 4 is 23.5 Å². The molecule has 9 heteroatoms. The Morgan fingerprint density at radius 2 is 1.93 bits per heavy atom. The number of anilines is 1. The molecule has 29 heavy (non-hydrogen) atoms. The predicted molar refractivity (Wildman–Crippen MR) is 102 cm³/mol. The third kappa shape index (κ3) is 4.57. The fourth-order valence-electron chi connectivity index (χ4n) is 3.34. The van der Waals surface area contributed by atoms with E-state index in [0.717, 1.165) is 12.8 Å². The lowest BCUT2D eigenvalue weighted by Gasteiger charge is -2.32. The van der Waals surface area contributed by atoms with Gasteiger partial charge in [-0.15, -0.1) is 0 Å². The van der Waals surface area contributed by atoms with E-state index in [9.17, 15) is 14.4 Å². The SMILES string of the molecule is COC(=O)C1=C(C(=O)OC)N(c2ccccc2C(=O)NCC2CCCO2)COC1. The van der Waals surface area contributed by atoms with Crippen LogP contribution in [0.25, 0.3) is 0 Å². The van der Waals surface area contributed by atoms with Gasteiger partial charge >= 0.3 is 11.9 Å². The molecule has 1 unspecified atom stereocenters. The van der Waals surface area contributed by atoms with Gasteiger partial charge in [0, 0.05) is 13.2 Å². The molecule has 2 heterocycles. The Morgan fingerprint density at radius 3 is 2.62 bits per heavy atom. The second-order valence-electron chi connectivity index (χ2n) is 6.58. The summed E-state index contributed by atoms with van der Waals surface area (Å²) in [5, 5.41) is 2.87. The van der Waals surface area contributed by atoms with Crippen molar-refractivity contribution in [2.75, 3.05) is 45.6 Å². The van der Waals surface area contributed by atoms with E-state index >= 15 is 0 Å². The third-order valence-electron chi connectivity index (χ3n) is 4.79. The summed E-state index contributed by atoms with van der Waals surface area (Å²) in [6, 6.07) is 6.76. The lowest BCUT2D eigenvalue weighted by Crippen LogP contribution is -2.40. The van der Waals surface area contributed by atoms with E-state index in [0.29, 0.717) is 24.4 Å². The molecule has 1 saturated heterocycles. The minimum Gasteiger partial charge on any atom is -0.466 e. The maximum Gasteiger partial charge on any atom is 0.355 e. The summed E-state index contributed by atoms with van der Waals surface area (Å²) in [4.78, 5) is 38.9. The quantitative estimate of drug-likeness (QED) is 0.700. The molecule has 1 amide bonds. The summed E-state index contributed by atoms with van der Waals surface area (Å²) in [5.74, 6) is -1.73. The largest absolute Gasteiger partial charge is 0.466 e. The second kappa shape index (κ2) is 9.53. The summed E-state index contributed by atoms with van der Waals surface area (Å²) >= 11 is 0. The fraction of sp³-hybridized carbons (Fsp3) is 0.450. The first-order valence-electron chi connectivity index (χ1n) is 9.30. The van der Waals surface area contributed by atoms with Crippen molar-refractivity contribution in [3.8, 4) is 0 Å². The molecular weight excluding hydrogens is 380 g/mol. The van der Waals surface area contributed by atoms with Gasteiger partial charge in [0.15, 0.2) is 0 Å². The number of carbonyl (C=O) groups excluding carboxylic acids is 3. The van der Waals surface area contributed by atoms with Crippen LogP contribution in [0.3, 0.4) is 0 Å². The van der Waals surface area contributed by atoms with Crippen LogP contribution in [-0.4, -0.2) is 64.7 Å². The first kappa shape index (κ1) is 20.8. The molecule has 1 aromatic carbocycles. The zero-order valence-corrected chi connectivity index (χ0v) is 16.4. The number of hydrogen-bond acceptors (Lipinski definition) is 8. The van der Waals surface area contributed by atoms with Crippen molar-refractivity contribution in [1.82, 2.24) is 5.32 Å².